The minimum atomic E-state index is -0.254. The lowest BCUT2D eigenvalue weighted by molar-refractivity contribution is 0.0957. The number of nitrogens with one attached hydrogen (secondary N) is 1. The van der Waals surface area contributed by atoms with Crippen LogP contribution in [0.2, 0.25) is 0 Å². The van der Waals surface area contributed by atoms with Crippen molar-refractivity contribution >= 4 is 33.2 Å². The van der Waals surface area contributed by atoms with E-state index in [1.165, 1.54) is 11.3 Å². The third-order valence-electron chi connectivity index (χ3n) is 0.928. The van der Waals surface area contributed by atoms with Gasteiger partial charge in [-0.15, -0.1) is 11.3 Å². The van der Waals surface area contributed by atoms with E-state index in [-0.39, 0.29) is 5.91 Å². The van der Waals surface area contributed by atoms with Crippen molar-refractivity contribution in [1.82, 2.24) is 5.43 Å². The molecule has 1 aromatic heterocycles. The van der Waals surface area contributed by atoms with Crippen LogP contribution in [-0.4, -0.2) is 5.91 Å². The number of amides is 1. The second-order valence-electron chi connectivity index (χ2n) is 1.58. The van der Waals surface area contributed by atoms with Crippen LogP contribution in [0.5, 0.6) is 0 Å². The highest BCUT2D eigenvalue weighted by Crippen LogP contribution is 2.21. The first-order chi connectivity index (χ1) is 4.74. The second-order valence-corrected chi connectivity index (χ2v) is 4.04. The summed E-state index contributed by atoms with van der Waals surface area (Å²) in [6.07, 6.45) is 0. The van der Waals surface area contributed by atoms with Crippen molar-refractivity contribution in [2.24, 2.45) is 5.84 Å². The Labute approximate surface area is 70.3 Å². The first kappa shape index (κ1) is 7.71. The van der Waals surface area contributed by atoms with Crippen LogP contribution in [0.4, 0.5) is 0 Å². The van der Waals surface area contributed by atoms with Gasteiger partial charge < -0.3 is 0 Å². The van der Waals surface area contributed by atoms with Crippen LogP contribution >= 0.6 is 27.3 Å². The standard InChI is InChI=1S/C5H5BrN2OS/c6-4-2-1-3(10-4)5(9)8-7/h1-2H,7H2,(H,8,9). The Morgan fingerprint density at radius 1 is 1.70 bits per heavy atom. The van der Waals surface area contributed by atoms with Crippen molar-refractivity contribution in [3.8, 4) is 0 Å². The minimum absolute atomic E-state index is 0.254. The highest BCUT2D eigenvalue weighted by atomic mass is 79.9. The van der Waals surface area contributed by atoms with E-state index < -0.39 is 0 Å². The van der Waals surface area contributed by atoms with E-state index in [2.05, 4.69) is 15.9 Å². The Bertz CT molecular complexity index is 248. The number of rotatable bonds is 1. The Morgan fingerprint density at radius 2 is 2.40 bits per heavy atom. The number of carbonyl (C=O) groups excluding carboxylic acids is 1. The number of nitrogens with two attached hydrogens (primary N) is 1. The molecule has 1 rings (SSSR count). The summed E-state index contributed by atoms with van der Waals surface area (Å²) < 4.78 is 0.922. The van der Waals surface area contributed by atoms with Crippen LogP contribution in [0.1, 0.15) is 9.67 Å². The van der Waals surface area contributed by atoms with Crippen molar-refractivity contribution < 1.29 is 4.79 Å². The molecule has 0 aromatic carbocycles. The molecule has 3 N–H and O–H groups in total. The fourth-order valence-electron chi connectivity index (χ4n) is 0.507. The van der Waals surface area contributed by atoms with Crippen LogP contribution in [0.25, 0.3) is 0 Å². The van der Waals surface area contributed by atoms with Crippen molar-refractivity contribution in [2.45, 2.75) is 0 Å². The predicted octanol–water partition coefficient (Wildman–Crippen LogP) is 1.11. The molecule has 0 atom stereocenters. The zero-order chi connectivity index (χ0) is 7.56. The van der Waals surface area contributed by atoms with E-state index in [0.29, 0.717) is 4.88 Å². The molecule has 5 heteroatoms. The zero-order valence-electron chi connectivity index (χ0n) is 4.93. The summed E-state index contributed by atoms with van der Waals surface area (Å²) in [4.78, 5) is 11.4. The molecule has 0 fully saturated rings. The maximum Gasteiger partial charge on any atom is 0.275 e. The summed E-state index contributed by atoms with van der Waals surface area (Å²) in [5.74, 6) is 4.65. The topological polar surface area (TPSA) is 55.1 Å². The van der Waals surface area contributed by atoms with Gasteiger partial charge in [-0.3, -0.25) is 10.2 Å². The molecule has 1 aromatic rings. The van der Waals surface area contributed by atoms with Crippen LogP contribution in [-0.2, 0) is 0 Å². The van der Waals surface area contributed by atoms with Crippen LogP contribution in [0, 0.1) is 0 Å². The number of hydrogen-bond donors (Lipinski definition) is 2. The summed E-state index contributed by atoms with van der Waals surface area (Å²) in [5.41, 5.74) is 2.05. The summed E-state index contributed by atoms with van der Waals surface area (Å²) in [7, 11) is 0. The number of thiophene rings is 1. The molecule has 3 nitrogen and oxygen atoms in total. The van der Waals surface area contributed by atoms with E-state index in [1.54, 1.807) is 12.1 Å². The molecule has 0 aliphatic rings. The van der Waals surface area contributed by atoms with Gasteiger partial charge >= 0.3 is 0 Å². The first-order valence-electron chi connectivity index (χ1n) is 2.50. The largest absolute Gasteiger partial charge is 0.289 e. The molecule has 0 saturated heterocycles. The molecule has 0 unspecified atom stereocenters. The zero-order valence-corrected chi connectivity index (χ0v) is 7.33. The third kappa shape index (κ3) is 1.56. The monoisotopic (exact) mass is 220 g/mol. The first-order valence-corrected chi connectivity index (χ1v) is 4.11. The Balaban J connectivity index is 2.85. The average molecular weight is 221 g/mol. The number of carbonyl (C=O) groups is 1. The van der Waals surface area contributed by atoms with Crippen molar-refractivity contribution in [2.75, 3.05) is 0 Å². The molecule has 0 aliphatic carbocycles. The molecular formula is C5H5BrN2OS. The molecule has 0 bridgehead atoms. The highest BCUT2D eigenvalue weighted by Gasteiger charge is 2.04. The van der Waals surface area contributed by atoms with Crippen LogP contribution in [0.15, 0.2) is 15.9 Å². The second kappa shape index (κ2) is 3.14. The van der Waals surface area contributed by atoms with Gasteiger partial charge in [-0.2, -0.15) is 0 Å². The van der Waals surface area contributed by atoms with Gasteiger partial charge in [-0.25, -0.2) is 5.84 Å². The molecular weight excluding hydrogens is 216 g/mol. The lowest BCUT2D eigenvalue weighted by Gasteiger charge is -1.90. The van der Waals surface area contributed by atoms with E-state index in [1.807, 2.05) is 5.43 Å². The Morgan fingerprint density at radius 3 is 2.80 bits per heavy atom. The molecule has 10 heavy (non-hydrogen) atoms. The van der Waals surface area contributed by atoms with Gasteiger partial charge in [-0.1, -0.05) is 0 Å². The van der Waals surface area contributed by atoms with Gasteiger partial charge in [-0.05, 0) is 28.1 Å². The quantitative estimate of drug-likeness (QED) is 0.424. The van der Waals surface area contributed by atoms with Crippen LogP contribution in [0.3, 0.4) is 0 Å². The number of hydrogen-bond acceptors (Lipinski definition) is 3. The van der Waals surface area contributed by atoms with Crippen molar-refractivity contribution in [3.63, 3.8) is 0 Å². The lowest BCUT2D eigenvalue weighted by Crippen LogP contribution is -2.29. The van der Waals surface area contributed by atoms with E-state index >= 15 is 0 Å². The molecule has 0 radical (unpaired) electrons. The van der Waals surface area contributed by atoms with Gasteiger partial charge in [0.05, 0.1) is 8.66 Å². The summed E-state index contributed by atoms with van der Waals surface area (Å²) in [6, 6.07) is 3.51. The molecule has 1 amide bonds. The minimum Gasteiger partial charge on any atom is -0.289 e. The SMILES string of the molecule is NNC(=O)c1ccc(Br)s1. The maximum absolute atomic E-state index is 10.8. The number of nitrogen functional groups attached to an aromatic ring is 1. The lowest BCUT2D eigenvalue weighted by atomic mass is 10.5. The maximum atomic E-state index is 10.8. The Hall–Kier alpha value is -0.390. The van der Waals surface area contributed by atoms with Gasteiger partial charge in [0.15, 0.2) is 0 Å². The normalized spacial score (nSPS) is 9.40. The van der Waals surface area contributed by atoms with Gasteiger partial charge in [0, 0.05) is 0 Å². The predicted molar refractivity (Wildman–Crippen MR) is 43.7 cm³/mol. The molecule has 1 heterocycles. The smallest absolute Gasteiger partial charge is 0.275 e. The number of hydrazine groups is 1. The van der Waals surface area contributed by atoms with Crippen molar-refractivity contribution in [1.29, 1.82) is 0 Å². The fraction of sp³-hybridized carbons (Fsp3) is 0. The van der Waals surface area contributed by atoms with E-state index in [9.17, 15) is 4.79 Å². The van der Waals surface area contributed by atoms with Gasteiger partial charge in [0.1, 0.15) is 0 Å². The average Bonchev–Trinajstić information content (AvgIpc) is 2.34. The Kier molecular flexibility index (Phi) is 2.42. The van der Waals surface area contributed by atoms with Gasteiger partial charge in [0.25, 0.3) is 5.91 Å². The van der Waals surface area contributed by atoms with Gasteiger partial charge in [0.2, 0.25) is 0 Å². The fourth-order valence-corrected chi connectivity index (χ4v) is 1.80. The summed E-state index contributed by atoms with van der Waals surface area (Å²) in [6.45, 7) is 0. The summed E-state index contributed by atoms with van der Waals surface area (Å²) in [5, 5.41) is 0. The molecule has 0 spiro atoms. The van der Waals surface area contributed by atoms with E-state index in [4.69, 9.17) is 5.84 Å². The van der Waals surface area contributed by atoms with Crippen LogP contribution < -0.4 is 11.3 Å². The third-order valence-corrected chi connectivity index (χ3v) is 2.55. The highest BCUT2D eigenvalue weighted by molar-refractivity contribution is 9.11. The van der Waals surface area contributed by atoms with Crippen molar-refractivity contribution in [3.05, 3.63) is 20.8 Å². The molecule has 54 valence electrons. The molecule has 0 saturated carbocycles. The molecule has 0 aliphatic heterocycles. The number of halogens is 1. The summed E-state index contributed by atoms with van der Waals surface area (Å²) >= 11 is 4.57. The van der Waals surface area contributed by atoms with E-state index in [0.717, 1.165) is 3.79 Å².